The van der Waals surface area contributed by atoms with E-state index in [1.165, 1.54) is 55.8 Å². The molecule has 0 amide bonds. The fraction of sp³-hybridized carbons (Fsp3) is 0.386. The molecule has 0 aromatic heterocycles. The van der Waals surface area contributed by atoms with Crippen molar-refractivity contribution in [2.24, 2.45) is 0 Å². The zero-order valence-electron chi connectivity index (χ0n) is 30.4. The van der Waals surface area contributed by atoms with E-state index in [0.717, 1.165) is 57.4 Å². The molecule has 0 saturated carbocycles. The maximum Gasteiger partial charge on any atom is 0.210 e. The average molecular weight is 705 g/mol. The molecule has 3 aromatic carbocycles. The number of hydrogen-bond donors (Lipinski definition) is 0. The second-order valence-electron chi connectivity index (χ2n) is 14.5. The molecule has 2 aliphatic heterocycles. The quantitative estimate of drug-likeness (QED) is 0.0681. The number of aryl methyl sites for hydroxylation is 1. The highest BCUT2D eigenvalue weighted by Gasteiger charge is 2.46. The van der Waals surface area contributed by atoms with Crippen molar-refractivity contribution in [1.82, 2.24) is 0 Å². The predicted molar refractivity (Wildman–Crippen MR) is 218 cm³/mol. The van der Waals surface area contributed by atoms with Gasteiger partial charge < -0.3 is 13.6 Å². The first-order chi connectivity index (χ1) is 24.3. The third-order valence-corrected chi connectivity index (χ3v) is 11.7. The Kier molecular flexibility index (Phi) is 12.0. The van der Waals surface area contributed by atoms with Crippen LogP contribution in [-0.4, -0.2) is 46.5 Å². The van der Waals surface area contributed by atoms with Gasteiger partial charge in [0.15, 0.2) is 5.71 Å². The summed E-state index contributed by atoms with van der Waals surface area (Å²) >= 11 is 2.24. The van der Waals surface area contributed by atoms with Crippen LogP contribution in [0.4, 0.5) is 11.4 Å². The molecule has 1 aliphatic carbocycles. The molecule has 6 heteroatoms. The molecule has 0 radical (unpaired) electrons. The maximum absolute atomic E-state index is 11.0. The summed E-state index contributed by atoms with van der Waals surface area (Å²) in [6.45, 7) is 11.4. The largest absolute Gasteiger partial charge is 0.799 e. The van der Waals surface area contributed by atoms with Gasteiger partial charge in [0.1, 0.15) is 6.54 Å². The molecule has 0 spiro atoms. The molecule has 0 saturated heterocycles. The molecule has 262 valence electrons. The zero-order chi connectivity index (χ0) is 35.1. The minimum absolute atomic E-state index is 0.0860. The summed E-state index contributed by atoms with van der Waals surface area (Å²) in [7, 11) is 1.75. The van der Waals surface area contributed by atoms with Crippen molar-refractivity contribution in [2.45, 2.75) is 77.0 Å². The minimum Gasteiger partial charge on any atom is -0.799 e. The van der Waals surface area contributed by atoms with Crippen LogP contribution in [0.5, 0.6) is 0 Å². The van der Waals surface area contributed by atoms with Gasteiger partial charge in [0.25, 0.3) is 0 Å². The summed E-state index contributed by atoms with van der Waals surface area (Å²) in [5, 5.41) is 2.60. The van der Waals surface area contributed by atoms with Crippen LogP contribution < -0.4 is 4.90 Å². The summed E-state index contributed by atoms with van der Waals surface area (Å²) in [4.78, 5) is 2.48. The van der Waals surface area contributed by atoms with Gasteiger partial charge in [0, 0.05) is 53.2 Å². The Morgan fingerprint density at radius 2 is 1.66 bits per heavy atom. The lowest BCUT2D eigenvalue weighted by Crippen LogP contribution is -2.28. The van der Waals surface area contributed by atoms with Gasteiger partial charge in [-0.05, 0) is 103 Å². The fourth-order valence-corrected chi connectivity index (χ4v) is 9.03. The van der Waals surface area contributed by atoms with Crippen LogP contribution in [0.2, 0.25) is 0 Å². The lowest BCUT2D eigenvalue weighted by atomic mass is 9.76. The molecule has 4 nitrogen and oxygen atoms in total. The topological polar surface area (TPSA) is 38.5 Å². The fourth-order valence-electron chi connectivity index (χ4n) is 8.22. The third-order valence-electron chi connectivity index (χ3n) is 10.6. The van der Waals surface area contributed by atoms with Crippen molar-refractivity contribution in [2.75, 3.05) is 36.6 Å². The molecule has 3 aromatic rings. The zero-order valence-corrected chi connectivity index (χ0v) is 32.0. The number of benzene rings is 3. The van der Waals surface area contributed by atoms with Crippen LogP contribution in [-0.2, 0) is 21.4 Å². The van der Waals surface area contributed by atoms with Crippen molar-refractivity contribution in [3.05, 3.63) is 125 Å². The van der Waals surface area contributed by atoms with Gasteiger partial charge in [-0.1, -0.05) is 92.8 Å². The number of nitrogens with zero attached hydrogens (tertiary/aromatic N) is 2. The van der Waals surface area contributed by atoms with E-state index < -0.39 is 0 Å². The predicted octanol–water partition coefficient (Wildman–Crippen LogP) is 11.2. The van der Waals surface area contributed by atoms with Crippen molar-refractivity contribution in [3.8, 4) is 0 Å². The van der Waals surface area contributed by atoms with Crippen LogP contribution in [0.15, 0.2) is 103 Å². The van der Waals surface area contributed by atoms with Crippen LogP contribution in [0.1, 0.15) is 82.1 Å². The van der Waals surface area contributed by atoms with Gasteiger partial charge in [-0.25, -0.2) is 0 Å². The van der Waals surface area contributed by atoms with E-state index in [4.69, 9.17) is 4.18 Å². The second-order valence-corrected chi connectivity index (χ2v) is 16.1. The highest BCUT2D eigenvalue weighted by Crippen LogP contribution is 2.51. The first kappa shape index (κ1) is 36.5. The Balaban J connectivity index is 1.23. The van der Waals surface area contributed by atoms with Crippen LogP contribution in [0.3, 0.4) is 0 Å². The molecule has 0 atom stereocenters. The molecule has 0 N–H and O–H groups in total. The van der Waals surface area contributed by atoms with E-state index in [1.54, 1.807) is 19.2 Å². The Bertz CT molecular complexity index is 1880. The van der Waals surface area contributed by atoms with Crippen molar-refractivity contribution >= 4 is 58.0 Å². The van der Waals surface area contributed by atoms with Gasteiger partial charge in [-0.2, -0.15) is 4.58 Å². The average Bonchev–Trinajstić information content (AvgIpc) is 3.47. The SMILES string of the molecule is COSCCCC[N+]1=C(/C=C/C=C/C=C/C=C2\N(CCCCS[O-])c3ccc4ccccc4c3C2(C)C)C(C)(C)c2c1ccc1c2C=CCC1. The molecule has 6 rings (SSSR count). The highest BCUT2D eigenvalue weighted by atomic mass is 32.2. The molecule has 0 fully saturated rings. The lowest BCUT2D eigenvalue weighted by Gasteiger charge is -2.27. The Hall–Kier alpha value is -3.29. The molecule has 0 unspecified atom stereocenters. The monoisotopic (exact) mass is 704 g/mol. The summed E-state index contributed by atoms with van der Waals surface area (Å²) in [5.74, 6) is 1.67. The van der Waals surface area contributed by atoms with E-state index in [0.29, 0.717) is 17.8 Å². The van der Waals surface area contributed by atoms with Gasteiger partial charge >= 0.3 is 0 Å². The first-order valence-corrected chi connectivity index (χ1v) is 20.0. The van der Waals surface area contributed by atoms with E-state index in [-0.39, 0.29) is 10.8 Å². The Labute approximate surface area is 308 Å². The first-order valence-electron chi connectivity index (χ1n) is 18.2. The third kappa shape index (κ3) is 7.36. The molecular formula is C44H52N2O2S2. The normalized spacial score (nSPS) is 18.4. The number of hydrogen-bond acceptors (Lipinski definition) is 5. The number of rotatable bonds is 15. The Morgan fingerprint density at radius 3 is 2.50 bits per heavy atom. The summed E-state index contributed by atoms with van der Waals surface area (Å²) in [6, 6.07) is 18.0. The minimum atomic E-state index is -0.142. The van der Waals surface area contributed by atoms with Gasteiger partial charge in [-0.15, -0.1) is 0 Å². The van der Waals surface area contributed by atoms with Crippen LogP contribution >= 0.6 is 24.1 Å². The number of allylic oxidation sites excluding steroid dienone is 9. The van der Waals surface area contributed by atoms with Crippen molar-refractivity contribution < 1.29 is 13.3 Å². The summed E-state index contributed by atoms with van der Waals surface area (Å²) in [5.41, 5.74) is 10.8. The van der Waals surface area contributed by atoms with Gasteiger partial charge in [0.05, 0.1) is 12.5 Å². The number of unbranched alkanes of at least 4 members (excludes halogenated alkanes) is 2. The molecule has 2 heterocycles. The highest BCUT2D eigenvalue weighted by molar-refractivity contribution is 7.94. The van der Waals surface area contributed by atoms with Gasteiger partial charge in [0.2, 0.25) is 5.69 Å². The maximum atomic E-state index is 11.0. The second kappa shape index (κ2) is 16.4. The van der Waals surface area contributed by atoms with Crippen LogP contribution in [0.25, 0.3) is 16.8 Å². The van der Waals surface area contributed by atoms with E-state index in [1.807, 2.05) is 0 Å². The Morgan fingerprint density at radius 1 is 0.860 bits per heavy atom. The molecule has 50 heavy (non-hydrogen) atoms. The molecular weight excluding hydrogens is 653 g/mol. The number of anilines is 1. The molecule has 3 aliphatic rings. The van der Waals surface area contributed by atoms with Crippen molar-refractivity contribution in [3.63, 3.8) is 0 Å². The van der Waals surface area contributed by atoms with Crippen LogP contribution in [0, 0.1) is 0 Å². The van der Waals surface area contributed by atoms with E-state index >= 15 is 0 Å². The van der Waals surface area contributed by atoms with Gasteiger partial charge in [-0.3, -0.25) is 12.0 Å². The summed E-state index contributed by atoms with van der Waals surface area (Å²) in [6.07, 6.45) is 26.6. The van der Waals surface area contributed by atoms with E-state index in [2.05, 4.69) is 140 Å². The van der Waals surface area contributed by atoms with E-state index in [9.17, 15) is 4.55 Å². The molecule has 0 bridgehead atoms. The number of fused-ring (bicyclic) bond motifs is 6. The van der Waals surface area contributed by atoms with Crippen molar-refractivity contribution in [1.29, 1.82) is 0 Å². The summed E-state index contributed by atoms with van der Waals surface area (Å²) < 4.78 is 18.8. The smallest absolute Gasteiger partial charge is 0.210 e. The lowest BCUT2D eigenvalue weighted by molar-refractivity contribution is -0.438. The standard InChI is InChI=1S/C44H52N2O2S2/c1-43(2)39(45(29-15-17-31-49-47)37-27-25-33-19-11-13-21-35(33)41(37)43)23-9-7-6-8-10-24-40-44(3,4)42-36-22-14-12-20-34(36)26-28-38(42)46(40)30-16-18-32-50-48-5/h6-11,13-14,19,21-28H,12,15-18,20,29-32H2,1-5H3.